The number of likely N-dealkylation sites (N-methyl/N-ethyl adjacent to an activating group) is 1. The first-order chi connectivity index (χ1) is 24.0. The predicted octanol–water partition coefficient (Wildman–Crippen LogP) is 5.86. The van der Waals surface area contributed by atoms with Crippen LogP contribution in [0.25, 0.3) is 22.2 Å². The van der Waals surface area contributed by atoms with Gasteiger partial charge in [0, 0.05) is 66.8 Å². The lowest BCUT2D eigenvalue weighted by Gasteiger charge is -2.39. The summed E-state index contributed by atoms with van der Waals surface area (Å²) in [5.41, 5.74) is 5.04. The number of carbonyl (C=O) groups excluding carboxylic acids is 2. The van der Waals surface area contributed by atoms with Gasteiger partial charge in [-0.05, 0) is 106 Å². The molecule has 10 nitrogen and oxygen atoms in total. The number of carbonyl (C=O) groups is 2. The molecule has 4 fully saturated rings. The molecule has 2 unspecified atom stereocenters. The standard InChI is InChI=1S/C39H51N5O5S/c1-25-33-23-30(49-4)15-17-31(33)36-35(26-8-6-5-7-9-26)32-16-10-27(37(45)40-50(47,48)42-20-18-41(3)19-21-42)22-34(32)43(36)24-39(25,2)38(46)44-28-11-12-29(44)14-13-28/h10,15-17,22-23,25-26,28-29H,5-9,11-14,18-21,24H2,1-4H3,(H,40,45). The summed E-state index contributed by atoms with van der Waals surface area (Å²) < 4.78 is 38.4. The molecule has 0 spiro atoms. The number of nitrogens with one attached hydrogen (secondary N) is 1. The van der Waals surface area contributed by atoms with Crippen LogP contribution in [-0.4, -0.2) is 91.3 Å². The summed E-state index contributed by atoms with van der Waals surface area (Å²) in [7, 11) is -0.350. The first kappa shape index (κ1) is 33.7. The van der Waals surface area contributed by atoms with Crippen LogP contribution in [0.2, 0.25) is 0 Å². The molecule has 1 aromatic heterocycles. The second-order valence-electron chi connectivity index (χ2n) is 15.8. The smallest absolute Gasteiger partial charge is 0.304 e. The van der Waals surface area contributed by atoms with Crippen LogP contribution >= 0.6 is 0 Å². The first-order valence-corrected chi connectivity index (χ1v) is 20.1. The zero-order chi connectivity index (χ0) is 34.9. The quantitative estimate of drug-likeness (QED) is 0.345. The summed E-state index contributed by atoms with van der Waals surface area (Å²) in [4.78, 5) is 33.1. The Kier molecular flexibility index (Phi) is 8.54. The predicted molar refractivity (Wildman–Crippen MR) is 195 cm³/mol. The van der Waals surface area contributed by atoms with Crippen molar-refractivity contribution in [1.29, 1.82) is 0 Å². The van der Waals surface area contributed by atoms with E-state index < -0.39 is 21.5 Å². The summed E-state index contributed by atoms with van der Waals surface area (Å²) >= 11 is 0. The molecule has 4 aliphatic heterocycles. The highest BCUT2D eigenvalue weighted by Crippen LogP contribution is 2.54. The molecule has 1 saturated carbocycles. The molecular weight excluding hydrogens is 651 g/mol. The minimum Gasteiger partial charge on any atom is -0.497 e. The highest BCUT2D eigenvalue weighted by Gasteiger charge is 2.52. The molecule has 5 aliphatic rings. The number of hydrogen-bond acceptors (Lipinski definition) is 6. The van der Waals surface area contributed by atoms with Gasteiger partial charge < -0.3 is 19.1 Å². The number of piperazine rings is 1. The van der Waals surface area contributed by atoms with Crippen LogP contribution in [0, 0.1) is 5.41 Å². The van der Waals surface area contributed by atoms with E-state index in [1.54, 1.807) is 13.2 Å². The maximum absolute atomic E-state index is 15.0. The molecule has 8 rings (SSSR count). The van der Waals surface area contributed by atoms with Crippen molar-refractivity contribution in [1.82, 2.24) is 23.4 Å². The normalized spacial score (nSPS) is 27.6. The van der Waals surface area contributed by atoms with Crippen LogP contribution in [-0.2, 0) is 21.5 Å². The number of benzene rings is 2. The van der Waals surface area contributed by atoms with E-state index in [1.165, 1.54) is 29.1 Å². The van der Waals surface area contributed by atoms with Gasteiger partial charge in [0.2, 0.25) is 5.91 Å². The van der Waals surface area contributed by atoms with Gasteiger partial charge in [0.1, 0.15) is 5.75 Å². The molecule has 2 aromatic carbocycles. The monoisotopic (exact) mass is 701 g/mol. The fraction of sp³-hybridized carbons (Fsp3) is 0.590. The van der Waals surface area contributed by atoms with Gasteiger partial charge in [-0.2, -0.15) is 12.7 Å². The summed E-state index contributed by atoms with van der Waals surface area (Å²) in [6.07, 6.45) is 10.0. The number of ether oxygens (including phenoxy) is 1. The van der Waals surface area contributed by atoms with E-state index in [0.29, 0.717) is 56.3 Å². The lowest BCUT2D eigenvalue weighted by Crippen LogP contribution is -2.52. The van der Waals surface area contributed by atoms with Gasteiger partial charge in [-0.3, -0.25) is 9.59 Å². The topological polar surface area (TPSA) is 104 Å². The molecule has 268 valence electrons. The van der Waals surface area contributed by atoms with Gasteiger partial charge in [0.15, 0.2) is 0 Å². The van der Waals surface area contributed by atoms with Crippen LogP contribution in [0.15, 0.2) is 36.4 Å². The maximum atomic E-state index is 15.0. The lowest BCUT2D eigenvalue weighted by molar-refractivity contribution is -0.144. The Morgan fingerprint density at radius 1 is 0.900 bits per heavy atom. The fourth-order valence-corrected chi connectivity index (χ4v) is 11.0. The van der Waals surface area contributed by atoms with Crippen LogP contribution in [0.5, 0.6) is 5.75 Å². The van der Waals surface area contributed by atoms with E-state index in [-0.39, 0.29) is 11.8 Å². The number of hydrogen-bond donors (Lipinski definition) is 1. The van der Waals surface area contributed by atoms with Gasteiger partial charge in [0.25, 0.3) is 5.91 Å². The molecule has 11 heteroatoms. The number of aromatic nitrogens is 1. The average molecular weight is 702 g/mol. The third kappa shape index (κ3) is 5.46. The molecule has 0 radical (unpaired) electrons. The van der Waals surface area contributed by atoms with Crippen molar-refractivity contribution in [2.24, 2.45) is 5.41 Å². The molecule has 3 aromatic rings. The molecule has 1 aliphatic carbocycles. The van der Waals surface area contributed by atoms with Gasteiger partial charge >= 0.3 is 10.2 Å². The van der Waals surface area contributed by atoms with Crippen LogP contribution in [0.4, 0.5) is 0 Å². The minimum absolute atomic E-state index is 0.102. The highest BCUT2D eigenvalue weighted by molar-refractivity contribution is 7.87. The van der Waals surface area contributed by atoms with Crippen molar-refractivity contribution in [3.05, 3.63) is 53.1 Å². The number of amides is 2. The van der Waals surface area contributed by atoms with Crippen molar-refractivity contribution in [2.75, 3.05) is 40.3 Å². The SMILES string of the molecule is COc1ccc2c(c1)C(C)C(C)(C(=O)N1C3CCC1CC3)Cn1c-2c(C2CCCCC2)c2ccc(C(=O)NS(=O)(=O)N3CCN(C)CC3)cc21. The van der Waals surface area contributed by atoms with E-state index in [0.717, 1.165) is 72.0 Å². The second-order valence-corrected chi connectivity index (χ2v) is 17.5. The highest BCUT2D eigenvalue weighted by atomic mass is 32.2. The van der Waals surface area contributed by atoms with Crippen LogP contribution in [0.3, 0.4) is 0 Å². The Morgan fingerprint density at radius 2 is 1.58 bits per heavy atom. The molecular formula is C39H51N5O5S. The fourth-order valence-electron chi connectivity index (χ4n) is 9.89. The summed E-state index contributed by atoms with van der Waals surface area (Å²) in [6, 6.07) is 12.6. The molecule has 2 amide bonds. The summed E-state index contributed by atoms with van der Waals surface area (Å²) in [6.45, 7) is 6.70. The second kappa shape index (κ2) is 12.7. The van der Waals surface area contributed by atoms with E-state index >= 15 is 4.79 Å². The van der Waals surface area contributed by atoms with Crippen molar-refractivity contribution < 1.29 is 22.7 Å². The minimum atomic E-state index is -4.00. The van der Waals surface area contributed by atoms with E-state index in [9.17, 15) is 13.2 Å². The van der Waals surface area contributed by atoms with Crippen LogP contribution < -0.4 is 9.46 Å². The van der Waals surface area contributed by atoms with E-state index in [4.69, 9.17) is 4.74 Å². The third-order valence-corrected chi connectivity index (χ3v) is 14.5. The zero-order valence-corrected chi connectivity index (χ0v) is 30.7. The Labute approximate surface area is 296 Å². The summed E-state index contributed by atoms with van der Waals surface area (Å²) in [5.74, 6) is 0.593. The average Bonchev–Trinajstić information content (AvgIpc) is 3.80. The van der Waals surface area contributed by atoms with E-state index in [1.807, 2.05) is 25.2 Å². The number of nitrogens with zero attached hydrogens (tertiary/aromatic N) is 4. The summed E-state index contributed by atoms with van der Waals surface area (Å²) in [5, 5.41) is 1.08. The lowest BCUT2D eigenvalue weighted by atomic mass is 9.72. The third-order valence-electron chi connectivity index (χ3n) is 13.0. The zero-order valence-electron chi connectivity index (χ0n) is 29.9. The molecule has 2 atom stereocenters. The molecule has 50 heavy (non-hydrogen) atoms. The van der Waals surface area contributed by atoms with Crippen molar-refractivity contribution >= 4 is 32.9 Å². The molecule has 3 saturated heterocycles. The van der Waals surface area contributed by atoms with E-state index in [2.05, 4.69) is 45.1 Å². The Hall–Kier alpha value is -3.41. The van der Waals surface area contributed by atoms with Gasteiger partial charge in [-0.25, -0.2) is 4.72 Å². The number of fused-ring (bicyclic) bond motifs is 7. The molecule has 1 N–H and O–H groups in total. The Bertz CT molecular complexity index is 1920. The van der Waals surface area contributed by atoms with Crippen molar-refractivity contribution in [2.45, 2.75) is 102 Å². The van der Waals surface area contributed by atoms with Gasteiger partial charge in [-0.1, -0.05) is 32.3 Å². The van der Waals surface area contributed by atoms with Gasteiger partial charge in [-0.15, -0.1) is 0 Å². The molecule has 2 bridgehead atoms. The first-order valence-electron chi connectivity index (χ1n) is 18.7. The van der Waals surface area contributed by atoms with Crippen molar-refractivity contribution in [3.63, 3.8) is 0 Å². The van der Waals surface area contributed by atoms with Gasteiger partial charge in [0.05, 0.1) is 18.2 Å². The maximum Gasteiger partial charge on any atom is 0.304 e. The number of methoxy groups -OCH3 is 1. The Morgan fingerprint density at radius 3 is 2.24 bits per heavy atom. The van der Waals surface area contributed by atoms with Crippen molar-refractivity contribution in [3.8, 4) is 17.0 Å². The number of rotatable bonds is 6. The van der Waals surface area contributed by atoms with Crippen LogP contribution in [0.1, 0.15) is 105 Å². The molecule has 5 heterocycles. The Balaban J connectivity index is 1.29. The largest absolute Gasteiger partial charge is 0.497 e.